The lowest BCUT2D eigenvalue weighted by atomic mass is 10.2. The molecular formula is C16H20N2O6S. The van der Waals surface area contributed by atoms with E-state index in [0.29, 0.717) is 5.75 Å². The van der Waals surface area contributed by atoms with Crippen LogP contribution in [-0.4, -0.2) is 68.9 Å². The van der Waals surface area contributed by atoms with Crippen LogP contribution in [0.15, 0.2) is 29.2 Å². The van der Waals surface area contributed by atoms with Gasteiger partial charge in [-0.25, -0.2) is 8.42 Å². The molecule has 1 saturated carbocycles. The molecule has 1 amide bonds. The molecule has 136 valence electrons. The Morgan fingerprint density at radius 3 is 2.32 bits per heavy atom. The van der Waals surface area contributed by atoms with E-state index in [-0.39, 0.29) is 29.9 Å². The van der Waals surface area contributed by atoms with Crippen molar-refractivity contribution in [1.82, 2.24) is 9.21 Å². The third kappa shape index (κ3) is 3.34. The van der Waals surface area contributed by atoms with E-state index < -0.39 is 22.0 Å². The summed E-state index contributed by atoms with van der Waals surface area (Å²) in [5.41, 5.74) is 0. The lowest BCUT2D eigenvalue weighted by Gasteiger charge is -2.38. The number of hydrogen-bond donors (Lipinski definition) is 0. The molecule has 1 aromatic rings. The first-order valence-electron chi connectivity index (χ1n) is 7.91. The highest BCUT2D eigenvalue weighted by Gasteiger charge is 2.47. The molecule has 1 unspecified atom stereocenters. The molecule has 2 aliphatic rings. The van der Waals surface area contributed by atoms with Crippen molar-refractivity contribution in [2.45, 2.75) is 29.8 Å². The topological polar surface area (TPSA) is 93.2 Å². The van der Waals surface area contributed by atoms with Crippen molar-refractivity contribution in [1.29, 1.82) is 0 Å². The Balaban J connectivity index is 1.93. The van der Waals surface area contributed by atoms with Gasteiger partial charge in [-0.3, -0.25) is 9.59 Å². The molecule has 1 aliphatic heterocycles. The summed E-state index contributed by atoms with van der Waals surface area (Å²) in [6.07, 6.45) is 1.76. The van der Waals surface area contributed by atoms with Crippen molar-refractivity contribution in [3.8, 4) is 5.75 Å². The van der Waals surface area contributed by atoms with Crippen molar-refractivity contribution in [3.05, 3.63) is 24.3 Å². The van der Waals surface area contributed by atoms with E-state index in [1.807, 2.05) is 0 Å². The van der Waals surface area contributed by atoms with E-state index in [9.17, 15) is 18.0 Å². The predicted octanol–water partition coefficient (Wildman–Crippen LogP) is 0.232. The van der Waals surface area contributed by atoms with Gasteiger partial charge in [0.25, 0.3) is 0 Å². The first-order valence-corrected chi connectivity index (χ1v) is 9.35. The van der Waals surface area contributed by atoms with Gasteiger partial charge in [-0.2, -0.15) is 4.31 Å². The zero-order valence-corrected chi connectivity index (χ0v) is 14.9. The van der Waals surface area contributed by atoms with Gasteiger partial charge < -0.3 is 14.4 Å². The molecule has 0 radical (unpaired) electrons. The Hall–Kier alpha value is -2.13. The normalized spacial score (nSPS) is 21.9. The van der Waals surface area contributed by atoms with E-state index in [1.54, 1.807) is 4.90 Å². The zero-order chi connectivity index (χ0) is 18.2. The fraction of sp³-hybridized carbons (Fsp3) is 0.500. The van der Waals surface area contributed by atoms with Crippen LogP contribution in [0.25, 0.3) is 0 Å². The van der Waals surface area contributed by atoms with E-state index in [0.717, 1.165) is 17.1 Å². The standard InChI is InChI=1S/C16H20N2O6S/c1-23-12-5-7-13(8-6-12)25(21,22)18-10-15(19)17(11-3-4-11)9-14(18)16(20)24-2/h5-8,11,14H,3-4,9-10H2,1-2H3. The van der Waals surface area contributed by atoms with Gasteiger partial charge in [0.15, 0.2) is 0 Å². The van der Waals surface area contributed by atoms with E-state index in [1.165, 1.54) is 38.5 Å². The molecule has 0 N–H and O–H groups in total. The summed E-state index contributed by atoms with van der Waals surface area (Å²) in [5, 5.41) is 0. The Bertz CT molecular complexity index is 772. The smallest absolute Gasteiger partial charge is 0.326 e. The quantitative estimate of drug-likeness (QED) is 0.691. The van der Waals surface area contributed by atoms with Gasteiger partial charge in [0.2, 0.25) is 15.9 Å². The summed E-state index contributed by atoms with van der Waals surface area (Å²) in [5.74, 6) is -0.451. The number of carbonyl (C=O) groups is 2. The molecule has 1 atom stereocenters. The van der Waals surface area contributed by atoms with Gasteiger partial charge in [0, 0.05) is 12.6 Å². The summed E-state index contributed by atoms with van der Waals surface area (Å²) >= 11 is 0. The average Bonchev–Trinajstić information content (AvgIpc) is 3.45. The van der Waals surface area contributed by atoms with Crippen LogP contribution >= 0.6 is 0 Å². The number of nitrogens with zero attached hydrogens (tertiary/aromatic N) is 2. The number of carbonyl (C=O) groups excluding carboxylic acids is 2. The molecule has 3 rings (SSSR count). The molecule has 1 heterocycles. The van der Waals surface area contributed by atoms with E-state index in [4.69, 9.17) is 9.47 Å². The number of ether oxygens (including phenoxy) is 2. The number of hydrogen-bond acceptors (Lipinski definition) is 6. The monoisotopic (exact) mass is 368 g/mol. The highest BCUT2D eigenvalue weighted by atomic mass is 32.2. The molecule has 8 nitrogen and oxygen atoms in total. The third-order valence-corrected chi connectivity index (χ3v) is 6.32. The first-order chi connectivity index (χ1) is 11.9. The van der Waals surface area contributed by atoms with Crippen molar-refractivity contribution >= 4 is 21.9 Å². The summed E-state index contributed by atoms with van der Waals surface area (Å²) in [6, 6.07) is 4.87. The molecule has 0 aromatic heterocycles. The maximum Gasteiger partial charge on any atom is 0.326 e. The van der Waals surface area contributed by atoms with Crippen LogP contribution in [0.3, 0.4) is 0 Å². The van der Waals surface area contributed by atoms with Gasteiger partial charge in [-0.15, -0.1) is 0 Å². The van der Waals surface area contributed by atoms with Crippen LogP contribution in [-0.2, 0) is 24.3 Å². The minimum atomic E-state index is -4.02. The Morgan fingerprint density at radius 1 is 1.16 bits per heavy atom. The van der Waals surface area contributed by atoms with Crippen molar-refractivity contribution < 1.29 is 27.5 Å². The molecule has 1 aromatic carbocycles. The number of piperazine rings is 1. The third-order valence-electron chi connectivity index (χ3n) is 4.46. The molecule has 1 aliphatic carbocycles. The van der Waals surface area contributed by atoms with Crippen LogP contribution in [0.1, 0.15) is 12.8 Å². The van der Waals surface area contributed by atoms with Crippen LogP contribution < -0.4 is 4.74 Å². The molecule has 0 spiro atoms. The lowest BCUT2D eigenvalue weighted by molar-refractivity contribution is -0.151. The van der Waals surface area contributed by atoms with Crippen molar-refractivity contribution in [2.75, 3.05) is 27.3 Å². The van der Waals surface area contributed by atoms with Crippen LogP contribution in [0.4, 0.5) is 0 Å². The maximum atomic E-state index is 13.0. The van der Waals surface area contributed by atoms with Gasteiger partial charge in [-0.1, -0.05) is 0 Å². The number of rotatable bonds is 5. The number of benzene rings is 1. The molecule has 2 fully saturated rings. The zero-order valence-electron chi connectivity index (χ0n) is 14.0. The number of amides is 1. The van der Waals surface area contributed by atoms with Crippen LogP contribution in [0, 0.1) is 0 Å². The molecule has 9 heteroatoms. The number of methoxy groups -OCH3 is 2. The minimum absolute atomic E-state index is 0.00475. The SMILES string of the molecule is COC(=O)C1CN(C2CC2)C(=O)CN1S(=O)(=O)c1ccc(OC)cc1. The molecule has 0 bridgehead atoms. The first kappa shape index (κ1) is 17.7. The second kappa shape index (κ2) is 6.64. The van der Waals surface area contributed by atoms with Gasteiger partial charge in [0.05, 0.1) is 25.7 Å². The van der Waals surface area contributed by atoms with Crippen molar-refractivity contribution in [3.63, 3.8) is 0 Å². The van der Waals surface area contributed by atoms with Crippen LogP contribution in [0.5, 0.6) is 5.75 Å². The molecule has 25 heavy (non-hydrogen) atoms. The summed E-state index contributed by atoms with van der Waals surface area (Å²) in [7, 11) is -1.34. The van der Waals surface area contributed by atoms with E-state index in [2.05, 4.69) is 0 Å². The number of sulfonamides is 1. The fourth-order valence-electron chi connectivity index (χ4n) is 2.92. The largest absolute Gasteiger partial charge is 0.497 e. The van der Waals surface area contributed by atoms with Gasteiger partial charge in [0.1, 0.15) is 11.8 Å². The summed E-state index contributed by atoms with van der Waals surface area (Å²) in [4.78, 5) is 26.1. The second-order valence-corrected chi connectivity index (χ2v) is 7.93. The summed E-state index contributed by atoms with van der Waals surface area (Å²) < 4.78 is 36.6. The Kier molecular flexibility index (Phi) is 4.70. The van der Waals surface area contributed by atoms with Crippen molar-refractivity contribution in [2.24, 2.45) is 0 Å². The van der Waals surface area contributed by atoms with Gasteiger partial charge >= 0.3 is 5.97 Å². The lowest BCUT2D eigenvalue weighted by Crippen LogP contribution is -2.61. The van der Waals surface area contributed by atoms with Gasteiger partial charge in [-0.05, 0) is 37.1 Å². The maximum absolute atomic E-state index is 13.0. The Morgan fingerprint density at radius 2 is 1.80 bits per heavy atom. The van der Waals surface area contributed by atoms with E-state index >= 15 is 0 Å². The fourth-order valence-corrected chi connectivity index (χ4v) is 4.44. The summed E-state index contributed by atoms with van der Waals surface area (Å²) in [6.45, 7) is -0.351. The number of esters is 1. The highest BCUT2D eigenvalue weighted by Crippen LogP contribution is 2.31. The highest BCUT2D eigenvalue weighted by molar-refractivity contribution is 7.89. The molecule has 1 saturated heterocycles. The molecular weight excluding hydrogens is 348 g/mol. The second-order valence-electron chi connectivity index (χ2n) is 6.04. The predicted molar refractivity (Wildman–Crippen MR) is 87.4 cm³/mol. The van der Waals surface area contributed by atoms with Crippen LogP contribution in [0.2, 0.25) is 0 Å². The Labute approximate surface area is 146 Å². The average molecular weight is 368 g/mol. The minimum Gasteiger partial charge on any atom is -0.497 e.